The van der Waals surface area contributed by atoms with E-state index in [1.165, 1.54) is 11.6 Å². The number of aliphatic hydroxyl groups excluding tert-OH is 1. The number of aromatic nitrogens is 4. The lowest BCUT2D eigenvalue weighted by Crippen LogP contribution is -2.31. The number of aromatic amines is 1. The van der Waals surface area contributed by atoms with Gasteiger partial charge >= 0.3 is 5.69 Å². The number of anilines is 1. The van der Waals surface area contributed by atoms with Gasteiger partial charge in [0.15, 0.2) is 11.2 Å². The Bertz CT molecular complexity index is 1100. The Morgan fingerprint density at radius 3 is 2.75 bits per heavy atom. The molecule has 0 bridgehead atoms. The zero-order chi connectivity index (χ0) is 20.4. The molecule has 3 rings (SSSR count). The lowest BCUT2D eigenvalue weighted by molar-refractivity contribution is 0.0938. The Morgan fingerprint density at radius 1 is 1.32 bits per heavy atom. The van der Waals surface area contributed by atoms with Crippen LogP contribution in [0.5, 0.6) is 5.75 Å². The summed E-state index contributed by atoms with van der Waals surface area (Å²) < 4.78 is 8.51. The van der Waals surface area contributed by atoms with E-state index in [9.17, 15) is 14.7 Å². The molecular weight excluding hydrogens is 362 g/mol. The maximum absolute atomic E-state index is 12.4. The average Bonchev–Trinajstić information content (AvgIpc) is 2.96. The van der Waals surface area contributed by atoms with E-state index in [2.05, 4.69) is 15.3 Å². The van der Waals surface area contributed by atoms with Gasteiger partial charge in [-0.05, 0) is 38.5 Å². The fourth-order valence-corrected chi connectivity index (χ4v) is 2.94. The van der Waals surface area contributed by atoms with Crippen molar-refractivity contribution < 1.29 is 9.84 Å². The summed E-state index contributed by atoms with van der Waals surface area (Å²) in [4.78, 5) is 30.9. The van der Waals surface area contributed by atoms with E-state index >= 15 is 0 Å². The van der Waals surface area contributed by atoms with Crippen LogP contribution in [0.15, 0.2) is 33.9 Å². The molecule has 3 N–H and O–H groups in total. The van der Waals surface area contributed by atoms with Gasteiger partial charge in [0.25, 0.3) is 5.56 Å². The van der Waals surface area contributed by atoms with Gasteiger partial charge in [0, 0.05) is 13.1 Å². The summed E-state index contributed by atoms with van der Waals surface area (Å²) in [5, 5.41) is 13.7. The van der Waals surface area contributed by atoms with Crippen molar-refractivity contribution in [1.29, 1.82) is 0 Å². The van der Waals surface area contributed by atoms with Gasteiger partial charge in [0.1, 0.15) is 18.5 Å². The molecule has 0 unspecified atom stereocenters. The minimum absolute atomic E-state index is 0.0485. The van der Waals surface area contributed by atoms with Crippen LogP contribution in [-0.4, -0.2) is 43.0 Å². The molecular formula is C19H25N5O4. The Hall–Kier alpha value is -3.07. The molecule has 9 nitrogen and oxygen atoms in total. The molecule has 3 aromatic rings. The number of H-pyrrole nitrogens is 1. The molecule has 2 aromatic heterocycles. The fraction of sp³-hybridized carbons (Fsp3) is 0.421. The predicted molar refractivity (Wildman–Crippen MR) is 107 cm³/mol. The zero-order valence-corrected chi connectivity index (χ0v) is 16.4. The molecule has 0 saturated carbocycles. The molecule has 28 heavy (non-hydrogen) atoms. The summed E-state index contributed by atoms with van der Waals surface area (Å²) in [5.41, 5.74) is 0.447. The van der Waals surface area contributed by atoms with Crippen molar-refractivity contribution in [3.63, 3.8) is 0 Å². The molecule has 9 heteroatoms. The maximum atomic E-state index is 12.4. The number of hydrogen-bond acceptors (Lipinski definition) is 6. The molecule has 0 fully saturated rings. The monoisotopic (exact) mass is 387 g/mol. The topological polar surface area (TPSA) is 114 Å². The van der Waals surface area contributed by atoms with Crippen LogP contribution >= 0.6 is 0 Å². The Morgan fingerprint density at radius 2 is 2.07 bits per heavy atom. The lowest BCUT2D eigenvalue weighted by atomic mass is 10.2. The third kappa shape index (κ3) is 4.09. The van der Waals surface area contributed by atoms with E-state index < -0.39 is 17.4 Å². The molecule has 0 aliphatic rings. The second kappa shape index (κ2) is 7.89. The van der Waals surface area contributed by atoms with Crippen LogP contribution in [0.2, 0.25) is 0 Å². The smallest absolute Gasteiger partial charge is 0.329 e. The number of aryl methyl sites for hydroxylation is 2. The second-order valence-corrected chi connectivity index (χ2v) is 7.12. The number of imidazole rings is 1. The third-order valence-corrected chi connectivity index (χ3v) is 4.25. The number of nitrogens with zero attached hydrogens (tertiary/aromatic N) is 3. The summed E-state index contributed by atoms with van der Waals surface area (Å²) in [7, 11) is 1.54. The molecule has 0 aliphatic carbocycles. The van der Waals surface area contributed by atoms with E-state index in [4.69, 9.17) is 4.74 Å². The van der Waals surface area contributed by atoms with Crippen molar-refractivity contribution >= 4 is 17.1 Å². The highest BCUT2D eigenvalue weighted by Crippen LogP contribution is 2.18. The summed E-state index contributed by atoms with van der Waals surface area (Å²) in [6, 6.07) is 7.59. The summed E-state index contributed by atoms with van der Waals surface area (Å²) in [6.07, 6.45) is -0.887. The van der Waals surface area contributed by atoms with E-state index in [0.29, 0.717) is 11.7 Å². The normalized spacial score (nSPS) is 12.5. The summed E-state index contributed by atoms with van der Waals surface area (Å²) in [5.74, 6) is 1.07. The van der Waals surface area contributed by atoms with Crippen molar-refractivity contribution in [1.82, 2.24) is 19.1 Å². The molecule has 150 valence electrons. The third-order valence-electron chi connectivity index (χ3n) is 4.25. The standard InChI is InChI=1S/C19H25N5O4/c1-11(2)20-18-21-16-15(17(26)22-19(27)23(16)4)24(18)9-13(25)10-28-14-7-5-6-12(3)8-14/h5-8,11,13,25H,9-10H2,1-4H3,(H,20,21)(H,22,26,27)/t13-/m0/s1. The SMILES string of the molecule is Cc1cccc(OC[C@@H](O)Cn2c(NC(C)C)nc3c2c(=O)[nH]c(=O)n3C)c1. The van der Waals surface area contributed by atoms with Crippen molar-refractivity contribution in [2.24, 2.45) is 7.05 Å². The Kier molecular flexibility index (Phi) is 5.55. The molecule has 0 saturated heterocycles. The van der Waals surface area contributed by atoms with E-state index in [1.54, 1.807) is 4.57 Å². The first-order valence-electron chi connectivity index (χ1n) is 9.10. The van der Waals surface area contributed by atoms with Crippen LogP contribution in [-0.2, 0) is 13.6 Å². The van der Waals surface area contributed by atoms with E-state index in [0.717, 1.165) is 5.56 Å². The zero-order valence-electron chi connectivity index (χ0n) is 16.4. The molecule has 0 radical (unpaired) electrons. The molecule has 0 aliphatic heterocycles. The van der Waals surface area contributed by atoms with Gasteiger partial charge in [-0.2, -0.15) is 4.98 Å². The first-order valence-corrected chi connectivity index (χ1v) is 9.10. The van der Waals surface area contributed by atoms with Gasteiger partial charge in [-0.15, -0.1) is 0 Å². The minimum Gasteiger partial charge on any atom is -0.491 e. The van der Waals surface area contributed by atoms with Crippen molar-refractivity contribution in [2.75, 3.05) is 11.9 Å². The van der Waals surface area contributed by atoms with Crippen LogP contribution < -0.4 is 21.3 Å². The molecule has 1 atom stereocenters. The Labute approximate surface area is 161 Å². The molecule has 2 heterocycles. The largest absolute Gasteiger partial charge is 0.491 e. The van der Waals surface area contributed by atoms with Gasteiger partial charge in [0.05, 0.1) is 6.54 Å². The highest BCUT2D eigenvalue weighted by atomic mass is 16.5. The summed E-state index contributed by atoms with van der Waals surface area (Å²) in [6.45, 7) is 5.96. The quantitative estimate of drug-likeness (QED) is 0.557. The van der Waals surface area contributed by atoms with E-state index in [1.807, 2.05) is 45.0 Å². The number of hydrogen-bond donors (Lipinski definition) is 3. The van der Waals surface area contributed by atoms with Crippen LogP contribution in [0.4, 0.5) is 5.95 Å². The first-order chi connectivity index (χ1) is 13.3. The van der Waals surface area contributed by atoms with Gasteiger partial charge in [-0.3, -0.25) is 14.3 Å². The highest BCUT2D eigenvalue weighted by Gasteiger charge is 2.20. The lowest BCUT2D eigenvalue weighted by Gasteiger charge is -2.17. The first kappa shape index (κ1) is 19.7. The predicted octanol–water partition coefficient (Wildman–Crippen LogP) is 0.992. The number of fused-ring (bicyclic) bond motifs is 1. The van der Waals surface area contributed by atoms with Crippen LogP contribution in [0, 0.1) is 6.92 Å². The van der Waals surface area contributed by atoms with Crippen molar-refractivity contribution in [3.05, 3.63) is 50.7 Å². The van der Waals surface area contributed by atoms with Gasteiger partial charge in [-0.1, -0.05) is 12.1 Å². The number of nitrogens with one attached hydrogen (secondary N) is 2. The summed E-state index contributed by atoms with van der Waals surface area (Å²) >= 11 is 0. The molecule has 0 amide bonds. The van der Waals surface area contributed by atoms with Gasteiger partial charge < -0.3 is 19.7 Å². The van der Waals surface area contributed by atoms with Crippen molar-refractivity contribution in [3.8, 4) is 5.75 Å². The minimum atomic E-state index is -0.887. The highest BCUT2D eigenvalue weighted by molar-refractivity contribution is 5.74. The van der Waals surface area contributed by atoms with Crippen LogP contribution in [0.3, 0.4) is 0 Å². The molecule has 1 aromatic carbocycles. The second-order valence-electron chi connectivity index (χ2n) is 7.12. The number of benzene rings is 1. The van der Waals surface area contributed by atoms with Gasteiger partial charge in [-0.25, -0.2) is 4.79 Å². The fourth-order valence-electron chi connectivity index (χ4n) is 2.94. The van der Waals surface area contributed by atoms with E-state index in [-0.39, 0.29) is 30.4 Å². The average molecular weight is 387 g/mol. The molecule has 0 spiro atoms. The maximum Gasteiger partial charge on any atom is 0.329 e. The van der Waals surface area contributed by atoms with Crippen LogP contribution in [0.1, 0.15) is 19.4 Å². The van der Waals surface area contributed by atoms with Gasteiger partial charge in [0.2, 0.25) is 5.95 Å². The van der Waals surface area contributed by atoms with Crippen molar-refractivity contribution in [2.45, 2.75) is 39.5 Å². The number of ether oxygens (including phenoxy) is 1. The van der Waals surface area contributed by atoms with Crippen LogP contribution in [0.25, 0.3) is 11.2 Å². The Balaban J connectivity index is 1.91. The number of rotatable bonds is 7. The number of aliphatic hydroxyl groups is 1.